The fraction of sp³-hybridized carbons (Fsp3) is 0.933. The predicted octanol–water partition coefficient (Wildman–Crippen LogP) is 2.36. The Balaban J connectivity index is 1.89. The molecule has 1 aliphatic rings. The van der Waals surface area contributed by atoms with Crippen molar-refractivity contribution in [2.45, 2.75) is 76.9 Å². The van der Waals surface area contributed by atoms with Gasteiger partial charge in [0.1, 0.15) is 0 Å². The van der Waals surface area contributed by atoms with Crippen LogP contribution in [0, 0.1) is 0 Å². The number of carbonyl (C=O) groups is 1. The minimum Gasteiger partial charge on any atom is -0.378 e. The number of rotatable bonds is 9. The lowest BCUT2D eigenvalue weighted by molar-refractivity contribution is -0.121. The van der Waals surface area contributed by atoms with Crippen LogP contribution in [0.15, 0.2) is 0 Å². The number of ether oxygens (including phenoxy) is 1. The lowest BCUT2D eigenvalue weighted by Gasteiger charge is -2.26. The normalized spacial score (nSPS) is 23.3. The first-order chi connectivity index (χ1) is 9.22. The maximum Gasteiger partial charge on any atom is 0.219 e. The monoisotopic (exact) mass is 270 g/mol. The maximum atomic E-state index is 11.5. The molecule has 1 aliphatic carbocycles. The molecule has 0 saturated heterocycles. The summed E-state index contributed by atoms with van der Waals surface area (Å²) < 4.78 is 5.80. The van der Waals surface area contributed by atoms with Crippen LogP contribution in [0.4, 0.5) is 0 Å². The van der Waals surface area contributed by atoms with Crippen LogP contribution in [0.3, 0.4) is 0 Å². The van der Waals surface area contributed by atoms with E-state index in [-0.39, 0.29) is 5.91 Å². The molecule has 19 heavy (non-hydrogen) atoms. The highest BCUT2D eigenvalue weighted by Crippen LogP contribution is 2.19. The number of unbranched alkanes of at least 4 members (excludes halogenated alkanes) is 2. The minimum atomic E-state index is 0.178. The Bertz CT molecular complexity index is 238. The number of carbonyl (C=O) groups excluding carboxylic acids is 1. The van der Waals surface area contributed by atoms with Gasteiger partial charge < -0.3 is 15.8 Å². The molecule has 1 rings (SSSR count). The van der Waals surface area contributed by atoms with Crippen molar-refractivity contribution in [2.75, 3.05) is 13.2 Å². The highest BCUT2D eigenvalue weighted by Gasteiger charge is 2.18. The minimum absolute atomic E-state index is 0.178. The lowest BCUT2D eigenvalue weighted by Crippen LogP contribution is -2.31. The SMILES string of the molecule is CCCCCC(=O)NCCCOC1CCC(N)CC1. The number of nitrogens with one attached hydrogen (secondary N) is 1. The van der Waals surface area contributed by atoms with Crippen LogP contribution in [0.2, 0.25) is 0 Å². The van der Waals surface area contributed by atoms with E-state index >= 15 is 0 Å². The second-order valence-electron chi connectivity index (χ2n) is 5.57. The zero-order valence-electron chi connectivity index (χ0n) is 12.3. The van der Waals surface area contributed by atoms with Crippen molar-refractivity contribution in [2.24, 2.45) is 5.73 Å². The zero-order chi connectivity index (χ0) is 13.9. The molecule has 0 radical (unpaired) electrons. The van der Waals surface area contributed by atoms with E-state index in [2.05, 4.69) is 12.2 Å². The number of nitrogens with two attached hydrogens (primary N) is 1. The summed E-state index contributed by atoms with van der Waals surface area (Å²) in [4.78, 5) is 11.5. The number of hydrogen-bond acceptors (Lipinski definition) is 3. The van der Waals surface area contributed by atoms with Crippen LogP contribution < -0.4 is 11.1 Å². The molecule has 1 amide bonds. The van der Waals surface area contributed by atoms with Gasteiger partial charge in [-0.3, -0.25) is 4.79 Å². The van der Waals surface area contributed by atoms with Crippen molar-refractivity contribution in [3.63, 3.8) is 0 Å². The molecule has 0 heterocycles. The fourth-order valence-electron chi connectivity index (χ4n) is 2.43. The molecular formula is C15H30N2O2. The summed E-state index contributed by atoms with van der Waals surface area (Å²) in [7, 11) is 0. The molecule has 0 unspecified atom stereocenters. The van der Waals surface area contributed by atoms with Crippen molar-refractivity contribution < 1.29 is 9.53 Å². The van der Waals surface area contributed by atoms with Crippen molar-refractivity contribution in [1.82, 2.24) is 5.32 Å². The molecule has 0 aromatic heterocycles. The largest absolute Gasteiger partial charge is 0.378 e. The van der Waals surface area contributed by atoms with E-state index in [0.717, 1.165) is 64.5 Å². The molecule has 0 bridgehead atoms. The van der Waals surface area contributed by atoms with Gasteiger partial charge in [0.15, 0.2) is 0 Å². The van der Waals surface area contributed by atoms with Crippen molar-refractivity contribution >= 4 is 5.91 Å². The Kier molecular flexibility index (Phi) is 8.84. The Labute approximate surface area is 117 Å². The Morgan fingerprint density at radius 1 is 1.21 bits per heavy atom. The van der Waals surface area contributed by atoms with Crippen LogP contribution >= 0.6 is 0 Å². The molecule has 4 heteroatoms. The molecule has 3 N–H and O–H groups in total. The second kappa shape index (κ2) is 10.2. The molecule has 0 aromatic carbocycles. The van der Waals surface area contributed by atoms with Crippen LogP contribution in [0.1, 0.15) is 64.7 Å². The predicted molar refractivity (Wildman–Crippen MR) is 78.0 cm³/mol. The Hall–Kier alpha value is -0.610. The number of hydrogen-bond donors (Lipinski definition) is 2. The topological polar surface area (TPSA) is 64.3 Å². The van der Waals surface area contributed by atoms with E-state index in [4.69, 9.17) is 10.5 Å². The summed E-state index contributed by atoms with van der Waals surface area (Å²) in [6.45, 7) is 3.62. The first-order valence-corrected chi connectivity index (χ1v) is 7.86. The highest BCUT2D eigenvalue weighted by molar-refractivity contribution is 5.75. The fourth-order valence-corrected chi connectivity index (χ4v) is 2.43. The molecule has 0 atom stereocenters. The van der Waals surface area contributed by atoms with Gasteiger partial charge in [-0.15, -0.1) is 0 Å². The lowest BCUT2D eigenvalue weighted by atomic mass is 9.94. The summed E-state index contributed by atoms with van der Waals surface area (Å²) in [6.07, 6.45) is 9.59. The van der Waals surface area contributed by atoms with Crippen molar-refractivity contribution in [3.05, 3.63) is 0 Å². The van der Waals surface area contributed by atoms with Gasteiger partial charge in [0, 0.05) is 25.6 Å². The summed E-state index contributed by atoms with van der Waals surface area (Å²) in [6, 6.07) is 0.377. The van der Waals surface area contributed by atoms with E-state index in [9.17, 15) is 4.79 Å². The molecule has 112 valence electrons. The maximum absolute atomic E-state index is 11.5. The summed E-state index contributed by atoms with van der Waals surface area (Å²) in [5.74, 6) is 0.178. The molecule has 1 fully saturated rings. The first kappa shape index (κ1) is 16.4. The van der Waals surface area contributed by atoms with Gasteiger partial charge in [-0.25, -0.2) is 0 Å². The summed E-state index contributed by atoms with van der Waals surface area (Å²) >= 11 is 0. The van der Waals surface area contributed by atoms with Gasteiger partial charge in [0.25, 0.3) is 0 Å². The van der Waals surface area contributed by atoms with E-state index in [1.54, 1.807) is 0 Å². The van der Waals surface area contributed by atoms with Gasteiger partial charge >= 0.3 is 0 Å². The molecular weight excluding hydrogens is 240 g/mol. The standard InChI is InChI=1S/C15H30N2O2/c1-2-3-4-6-15(18)17-11-5-12-19-14-9-7-13(16)8-10-14/h13-14H,2-12,16H2,1H3,(H,17,18). The summed E-state index contributed by atoms with van der Waals surface area (Å²) in [5.41, 5.74) is 5.85. The molecule has 4 nitrogen and oxygen atoms in total. The van der Waals surface area contributed by atoms with Gasteiger partial charge in [0.05, 0.1) is 6.10 Å². The third kappa shape index (κ3) is 8.22. The van der Waals surface area contributed by atoms with Crippen LogP contribution in [0.5, 0.6) is 0 Å². The molecule has 0 aliphatic heterocycles. The molecule has 0 aromatic rings. The average molecular weight is 270 g/mol. The average Bonchev–Trinajstić information content (AvgIpc) is 2.41. The van der Waals surface area contributed by atoms with E-state index in [0.29, 0.717) is 18.6 Å². The van der Waals surface area contributed by atoms with Gasteiger partial charge in [-0.2, -0.15) is 0 Å². The van der Waals surface area contributed by atoms with E-state index in [1.807, 2.05) is 0 Å². The smallest absolute Gasteiger partial charge is 0.219 e. The van der Waals surface area contributed by atoms with E-state index < -0.39 is 0 Å². The van der Waals surface area contributed by atoms with Crippen molar-refractivity contribution in [3.8, 4) is 0 Å². The van der Waals surface area contributed by atoms with Crippen molar-refractivity contribution in [1.29, 1.82) is 0 Å². The summed E-state index contributed by atoms with van der Waals surface area (Å²) in [5, 5.41) is 2.95. The Morgan fingerprint density at radius 2 is 1.95 bits per heavy atom. The van der Waals surface area contributed by atoms with Gasteiger partial charge in [-0.05, 0) is 38.5 Å². The van der Waals surface area contributed by atoms with Crippen LogP contribution in [-0.2, 0) is 9.53 Å². The number of amides is 1. The third-order valence-corrected chi connectivity index (χ3v) is 3.72. The quantitative estimate of drug-likeness (QED) is 0.632. The Morgan fingerprint density at radius 3 is 2.63 bits per heavy atom. The second-order valence-corrected chi connectivity index (χ2v) is 5.57. The third-order valence-electron chi connectivity index (χ3n) is 3.72. The first-order valence-electron chi connectivity index (χ1n) is 7.86. The zero-order valence-corrected chi connectivity index (χ0v) is 12.3. The van der Waals surface area contributed by atoms with Crippen LogP contribution in [-0.4, -0.2) is 31.2 Å². The molecule has 1 saturated carbocycles. The molecule has 0 spiro atoms. The van der Waals surface area contributed by atoms with Gasteiger partial charge in [0.2, 0.25) is 5.91 Å². The van der Waals surface area contributed by atoms with E-state index in [1.165, 1.54) is 0 Å². The highest BCUT2D eigenvalue weighted by atomic mass is 16.5. The van der Waals surface area contributed by atoms with Crippen LogP contribution in [0.25, 0.3) is 0 Å². The van der Waals surface area contributed by atoms with Gasteiger partial charge in [-0.1, -0.05) is 19.8 Å².